The number of benzene rings is 1. The highest BCUT2D eigenvalue weighted by molar-refractivity contribution is 5.94. The molecule has 0 fully saturated rings. The second-order valence-electron chi connectivity index (χ2n) is 9.31. The van der Waals surface area contributed by atoms with Crippen LogP contribution in [-0.4, -0.2) is 58.2 Å². The van der Waals surface area contributed by atoms with Gasteiger partial charge in [-0.05, 0) is 47.1 Å². The van der Waals surface area contributed by atoms with Crippen molar-refractivity contribution in [1.82, 2.24) is 4.90 Å². The number of imide groups is 1. The highest BCUT2D eigenvalue weighted by Gasteiger charge is 2.42. The lowest BCUT2D eigenvalue weighted by Gasteiger charge is -2.33. The molecule has 8 nitrogen and oxygen atoms in total. The Labute approximate surface area is 188 Å². The van der Waals surface area contributed by atoms with Crippen LogP contribution in [0.5, 0.6) is 0 Å². The fraction of sp³-hybridized carbons (Fsp3) is 0.609. The summed E-state index contributed by atoms with van der Waals surface area (Å²) in [5.74, 6) is -0.955. The average Bonchev–Trinajstić information content (AvgIpc) is 2.63. The summed E-state index contributed by atoms with van der Waals surface area (Å²) >= 11 is 0. The largest absolute Gasteiger partial charge is 0.459 e. The molecule has 0 bridgehead atoms. The molecule has 0 spiro atoms. The van der Waals surface area contributed by atoms with Gasteiger partial charge in [-0.2, -0.15) is 4.90 Å². The fourth-order valence-corrected chi connectivity index (χ4v) is 2.58. The molecule has 0 aliphatic rings. The van der Waals surface area contributed by atoms with Crippen LogP contribution in [0.1, 0.15) is 59.9 Å². The van der Waals surface area contributed by atoms with Crippen molar-refractivity contribution in [2.75, 3.05) is 6.67 Å². The van der Waals surface area contributed by atoms with Gasteiger partial charge in [0.05, 0.1) is 12.8 Å². The molecule has 0 radical (unpaired) electrons. The third-order valence-corrected chi connectivity index (χ3v) is 3.93. The van der Waals surface area contributed by atoms with E-state index >= 15 is 0 Å². The van der Waals surface area contributed by atoms with Crippen molar-refractivity contribution in [3.63, 3.8) is 0 Å². The zero-order chi connectivity index (χ0) is 24.5. The van der Waals surface area contributed by atoms with Gasteiger partial charge in [-0.3, -0.25) is 4.39 Å². The van der Waals surface area contributed by atoms with Crippen LogP contribution < -0.4 is 0 Å². The number of halogens is 1. The lowest BCUT2D eigenvalue weighted by molar-refractivity contribution is -0.152. The van der Waals surface area contributed by atoms with E-state index in [0.717, 1.165) is 0 Å². The van der Waals surface area contributed by atoms with Crippen LogP contribution >= 0.6 is 0 Å². The number of rotatable bonds is 8. The van der Waals surface area contributed by atoms with Gasteiger partial charge in [0.2, 0.25) is 0 Å². The van der Waals surface area contributed by atoms with E-state index in [4.69, 9.17) is 14.2 Å². The maximum atomic E-state index is 13.0. The Balaban J connectivity index is 3.25. The molecular weight excluding hydrogens is 421 g/mol. The minimum absolute atomic E-state index is 0.119. The molecule has 180 valence electrons. The third kappa shape index (κ3) is 10.1. The van der Waals surface area contributed by atoms with E-state index in [1.165, 1.54) is 0 Å². The minimum Gasteiger partial charge on any atom is -0.459 e. The number of esters is 1. The van der Waals surface area contributed by atoms with Gasteiger partial charge in [0, 0.05) is 12.8 Å². The molecular formula is C23H34FNO7. The van der Waals surface area contributed by atoms with Crippen LogP contribution in [0.25, 0.3) is 0 Å². The maximum absolute atomic E-state index is 13.0. The third-order valence-electron chi connectivity index (χ3n) is 3.93. The quantitative estimate of drug-likeness (QED) is 0.458. The molecule has 9 heteroatoms. The van der Waals surface area contributed by atoms with E-state index in [2.05, 4.69) is 0 Å². The summed E-state index contributed by atoms with van der Waals surface area (Å²) in [7, 11) is 0. The molecule has 1 N–H and O–H groups in total. The lowest BCUT2D eigenvalue weighted by atomic mass is 10.1. The minimum atomic E-state index is -1.58. The molecule has 0 aromatic heterocycles. The van der Waals surface area contributed by atoms with E-state index in [0.29, 0.717) is 10.5 Å². The lowest BCUT2D eigenvalue weighted by Crippen LogP contribution is -2.53. The van der Waals surface area contributed by atoms with Crippen LogP contribution in [0.3, 0.4) is 0 Å². The molecule has 2 unspecified atom stereocenters. The van der Waals surface area contributed by atoms with Crippen LogP contribution in [0.2, 0.25) is 0 Å². The van der Waals surface area contributed by atoms with Crippen molar-refractivity contribution >= 4 is 18.2 Å². The van der Waals surface area contributed by atoms with Gasteiger partial charge in [-0.25, -0.2) is 14.4 Å². The summed E-state index contributed by atoms with van der Waals surface area (Å²) in [6.45, 7) is 8.62. The van der Waals surface area contributed by atoms with Crippen molar-refractivity contribution in [2.45, 2.75) is 84.3 Å². The molecule has 2 amide bonds. The van der Waals surface area contributed by atoms with Gasteiger partial charge >= 0.3 is 18.2 Å². The van der Waals surface area contributed by atoms with Crippen molar-refractivity contribution < 1.29 is 38.1 Å². The molecule has 0 heterocycles. The van der Waals surface area contributed by atoms with Crippen molar-refractivity contribution in [2.24, 2.45) is 0 Å². The zero-order valence-corrected chi connectivity index (χ0v) is 19.6. The van der Waals surface area contributed by atoms with Gasteiger partial charge in [0.1, 0.15) is 23.9 Å². The highest BCUT2D eigenvalue weighted by Crippen LogP contribution is 2.21. The Bertz CT molecular complexity index is 728. The molecule has 2 atom stereocenters. The number of aliphatic hydroxyl groups excluding tert-OH is 1. The Morgan fingerprint density at radius 2 is 1.47 bits per heavy atom. The van der Waals surface area contributed by atoms with Gasteiger partial charge in [0.15, 0.2) is 0 Å². The predicted octanol–water partition coefficient (Wildman–Crippen LogP) is 4.38. The summed E-state index contributed by atoms with van der Waals surface area (Å²) in [5, 5.41) is 10.2. The monoisotopic (exact) mass is 455 g/mol. The number of hydrogen-bond acceptors (Lipinski definition) is 7. The van der Waals surface area contributed by atoms with Gasteiger partial charge in [-0.1, -0.05) is 30.3 Å². The van der Waals surface area contributed by atoms with E-state index in [-0.39, 0.29) is 13.0 Å². The number of carbonyl (C=O) groups is 3. The van der Waals surface area contributed by atoms with Gasteiger partial charge < -0.3 is 19.3 Å². The van der Waals surface area contributed by atoms with Gasteiger partial charge in [-0.15, -0.1) is 0 Å². The number of nitrogens with zero attached hydrogens (tertiary/aromatic N) is 1. The molecule has 32 heavy (non-hydrogen) atoms. The first-order valence-electron chi connectivity index (χ1n) is 10.4. The molecule has 0 saturated carbocycles. The van der Waals surface area contributed by atoms with Crippen molar-refractivity contribution in [3.8, 4) is 0 Å². The summed E-state index contributed by atoms with van der Waals surface area (Å²) < 4.78 is 28.7. The standard InChI is InChI=1S/C23H34FNO7/c1-22(2,3)31-20(28)25(21(29)32-23(4,5)6)18(14-17(26)12-13-24)19(27)30-15-16-10-8-7-9-11-16/h7-11,17-18,26H,12-15H2,1-6H3. The van der Waals surface area contributed by atoms with E-state index in [1.807, 2.05) is 0 Å². The highest BCUT2D eigenvalue weighted by atomic mass is 19.1. The maximum Gasteiger partial charge on any atom is 0.420 e. The van der Waals surface area contributed by atoms with Crippen molar-refractivity contribution in [1.29, 1.82) is 0 Å². The molecule has 0 aliphatic heterocycles. The molecule has 1 rings (SSSR count). The fourth-order valence-electron chi connectivity index (χ4n) is 2.58. The van der Waals surface area contributed by atoms with Gasteiger partial charge in [0.25, 0.3) is 0 Å². The van der Waals surface area contributed by atoms with Crippen LogP contribution in [0.4, 0.5) is 14.0 Å². The molecule has 1 aromatic carbocycles. The zero-order valence-electron chi connectivity index (χ0n) is 19.6. The summed E-state index contributed by atoms with van der Waals surface area (Å²) in [4.78, 5) is 39.2. The second kappa shape index (κ2) is 11.8. The Hall–Kier alpha value is -2.68. The Kier molecular flexibility index (Phi) is 10.1. The Morgan fingerprint density at radius 3 is 1.91 bits per heavy atom. The number of amides is 2. The number of ether oxygens (including phenoxy) is 3. The first-order valence-corrected chi connectivity index (χ1v) is 10.4. The first-order chi connectivity index (χ1) is 14.7. The summed E-state index contributed by atoms with van der Waals surface area (Å²) in [6, 6.07) is 7.22. The smallest absolute Gasteiger partial charge is 0.420 e. The predicted molar refractivity (Wildman–Crippen MR) is 116 cm³/mol. The average molecular weight is 456 g/mol. The number of hydrogen-bond donors (Lipinski definition) is 1. The van der Waals surface area contributed by atoms with Crippen LogP contribution in [-0.2, 0) is 25.6 Å². The molecule has 0 saturated heterocycles. The molecule has 1 aromatic rings. The SMILES string of the molecule is CC(C)(C)OC(=O)N(C(=O)OC(C)(C)C)C(CC(O)CCF)C(=O)OCc1ccccc1. The normalized spacial score (nSPS) is 13.6. The van der Waals surface area contributed by atoms with E-state index in [9.17, 15) is 23.9 Å². The number of aliphatic hydroxyl groups is 1. The first kappa shape index (κ1) is 27.4. The number of carbonyl (C=O) groups excluding carboxylic acids is 3. The Morgan fingerprint density at radius 1 is 0.969 bits per heavy atom. The van der Waals surface area contributed by atoms with E-state index in [1.54, 1.807) is 71.9 Å². The van der Waals surface area contributed by atoms with Crippen molar-refractivity contribution in [3.05, 3.63) is 35.9 Å². The number of alkyl halides is 1. The van der Waals surface area contributed by atoms with Crippen LogP contribution in [0, 0.1) is 0 Å². The van der Waals surface area contributed by atoms with Crippen LogP contribution in [0.15, 0.2) is 30.3 Å². The topological polar surface area (TPSA) is 102 Å². The summed E-state index contributed by atoms with van der Waals surface area (Å²) in [5.41, 5.74) is -1.27. The summed E-state index contributed by atoms with van der Waals surface area (Å²) in [6.07, 6.45) is -4.29. The molecule has 0 aliphatic carbocycles. The second-order valence-corrected chi connectivity index (χ2v) is 9.31. The van der Waals surface area contributed by atoms with E-state index < -0.39 is 54.6 Å².